The molecule has 2 saturated heterocycles. The number of ether oxygens (including phenoxy) is 2. The molecule has 3 fully saturated rings. The van der Waals surface area contributed by atoms with E-state index in [9.17, 15) is 4.79 Å². The van der Waals surface area contributed by atoms with Gasteiger partial charge in [0, 0.05) is 19.7 Å². The van der Waals surface area contributed by atoms with Crippen LogP contribution < -0.4 is 10.1 Å². The van der Waals surface area contributed by atoms with Crippen molar-refractivity contribution in [1.29, 1.82) is 0 Å². The summed E-state index contributed by atoms with van der Waals surface area (Å²) in [6.45, 7) is 3.13. The van der Waals surface area contributed by atoms with Gasteiger partial charge in [-0.15, -0.1) is 0 Å². The first-order valence-corrected chi connectivity index (χ1v) is 9.64. The van der Waals surface area contributed by atoms with Crippen molar-refractivity contribution in [2.75, 3.05) is 31.6 Å². The molecule has 4 rings (SSSR count). The molecular formula is C20H28N2O3. The van der Waals surface area contributed by atoms with Crippen molar-refractivity contribution in [3.8, 4) is 5.75 Å². The number of hydrogen-bond acceptors (Lipinski definition) is 3. The average Bonchev–Trinajstić information content (AvgIpc) is 3.08. The molecule has 0 bridgehead atoms. The Morgan fingerprint density at radius 1 is 1.24 bits per heavy atom. The van der Waals surface area contributed by atoms with Gasteiger partial charge in [0.25, 0.3) is 0 Å². The number of rotatable bonds is 4. The highest BCUT2D eigenvalue weighted by atomic mass is 16.5. The summed E-state index contributed by atoms with van der Waals surface area (Å²) in [5.74, 6) is 0.725. The number of urea groups is 1. The van der Waals surface area contributed by atoms with Crippen LogP contribution in [0.15, 0.2) is 24.3 Å². The van der Waals surface area contributed by atoms with Gasteiger partial charge in [0.05, 0.1) is 11.8 Å². The van der Waals surface area contributed by atoms with Gasteiger partial charge in [-0.25, -0.2) is 4.79 Å². The van der Waals surface area contributed by atoms with Gasteiger partial charge in [-0.05, 0) is 56.1 Å². The number of anilines is 1. The summed E-state index contributed by atoms with van der Waals surface area (Å²) in [5.41, 5.74) is 1.17. The molecule has 1 aliphatic carbocycles. The summed E-state index contributed by atoms with van der Waals surface area (Å²) in [6, 6.07) is 7.68. The molecule has 1 unspecified atom stereocenters. The van der Waals surface area contributed by atoms with Crippen LogP contribution in [0.5, 0.6) is 5.75 Å². The summed E-state index contributed by atoms with van der Waals surface area (Å²) in [4.78, 5) is 14.6. The van der Waals surface area contributed by atoms with Gasteiger partial charge in [-0.1, -0.05) is 18.6 Å². The fourth-order valence-corrected chi connectivity index (χ4v) is 4.20. The van der Waals surface area contributed by atoms with E-state index in [0.717, 1.165) is 50.4 Å². The van der Waals surface area contributed by atoms with Crippen molar-refractivity contribution in [1.82, 2.24) is 4.90 Å². The Labute approximate surface area is 149 Å². The third-order valence-electron chi connectivity index (χ3n) is 5.97. The van der Waals surface area contributed by atoms with Gasteiger partial charge in [0.2, 0.25) is 0 Å². The van der Waals surface area contributed by atoms with E-state index < -0.39 is 0 Å². The maximum Gasteiger partial charge on any atom is 0.321 e. The second-order valence-electron chi connectivity index (χ2n) is 7.75. The van der Waals surface area contributed by atoms with Gasteiger partial charge in [-0.3, -0.25) is 0 Å². The minimum atomic E-state index is -0.00580. The summed E-state index contributed by atoms with van der Waals surface area (Å²) in [5, 5.41) is 3.05. The first kappa shape index (κ1) is 16.7. The van der Waals surface area contributed by atoms with E-state index in [1.165, 1.54) is 25.7 Å². The molecule has 2 amide bonds. The van der Waals surface area contributed by atoms with E-state index in [2.05, 4.69) is 5.32 Å². The Kier molecular flexibility index (Phi) is 4.84. The molecule has 1 saturated carbocycles. The van der Waals surface area contributed by atoms with Crippen molar-refractivity contribution in [2.45, 2.75) is 51.0 Å². The van der Waals surface area contributed by atoms with E-state index in [0.29, 0.717) is 12.0 Å². The van der Waals surface area contributed by atoms with Crippen LogP contribution in [-0.2, 0) is 4.74 Å². The minimum absolute atomic E-state index is 0.00580. The molecule has 3 aliphatic rings. The number of nitrogens with zero attached hydrogens (tertiary/aromatic N) is 1. The van der Waals surface area contributed by atoms with Crippen LogP contribution in [0.4, 0.5) is 10.5 Å². The van der Waals surface area contributed by atoms with Crippen LogP contribution in [0.25, 0.3) is 0 Å². The van der Waals surface area contributed by atoms with Gasteiger partial charge in [-0.2, -0.15) is 0 Å². The monoisotopic (exact) mass is 344 g/mol. The zero-order chi connectivity index (χ0) is 17.1. The van der Waals surface area contributed by atoms with Crippen molar-refractivity contribution in [3.63, 3.8) is 0 Å². The topological polar surface area (TPSA) is 50.8 Å². The fraction of sp³-hybridized carbons (Fsp3) is 0.650. The molecule has 2 heterocycles. The zero-order valence-corrected chi connectivity index (χ0v) is 14.8. The number of hydrogen-bond donors (Lipinski definition) is 1. The maximum atomic E-state index is 12.6. The molecule has 1 aromatic carbocycles. The van der Waals surface area contributed by atoms with Crippen LogP contribution in [0, 0.1) is 5.41 Å². The van der Waals surface area contributed by atoms with Crippen LogP contribution in [-0.4, -0.2) is 43.3 Å². The lowest BCUT2D eigenvalue weighted by Gasteiger charge is -2.37. The zero-order valence-electron chi connectivity index (χ0n) is 14.8. The third kappa shape index (κ3) is 3.76. The highest BCUT2D eigenvalue weighted by molar-refractivity contribution is 5.91. The van der Waals surface area contributed by atoms with E-state index >= 15 is 0 Å². The normalized spacial score (nSPS) is 24.8. The minimum Gasteiger partial charge on any atom is -0.489 e. The SMILES string of the molecule is O=C(Nc1ccccc1OCC1CCCCO1)N1CCC2(CCC2)C1. The molecule has 0 radical (unpaired) electrons. The van der Waals surface area contributed by atoms with Crippen molar-refractivity contribution < 1.29 is 14.3 Å². The lowest BCUT2D eigenvalue weighted by atomic mass is 9.68. The van der Waals surface area contributed by atoms with Crippen LogP contribution >= 0.6 is 0 Å². The lowest BCUT2D eigenvalue weighted by molar-refractivity contribution is -0.0109. The predicted octanol–water partition coefficient (Wildman–Crippen LogP) is 4.04. The maximum absolute atomic E-state index is 12.6. The Hall–Kier alpha value is -1.75. The van der Waals surface area contributed by atoms with Crippen LogP contribution in [0.3, 0.4) is 0 Å². The lowest BCUT2D eigenvalue weighted by Crippen LogP contribution is -2.38. The van der Waals surface area contributed by atoms with Crippen molar-refractivity contribution >= 4 is 11.7 Å². The van der Waals surface area contributed by atoms with Crippen molar-refractivity contribution in [3.05, 3.63) is 24.3 Å². The van der Waals surface area contributed by atoms with Crippen molar-refractivity contribution in [2.24, 2.45) is 5.41 Å². The standard InChI is InChI=1S/C20H28N2O3/c23-19(22-12-11-20(15-22)9-5-10-20)21-17-7-1-2-8-18(17)25-14-16-6-3-4-13-24-16/h1-2,7-8,16H,3-6,9-15H2,(H,21,23). The first-order chi connectivity index (χ1) is 12.2. The Morgan fingerprint density at radius 2 is 2.12 bits per heavy atom. The summed E-state index contributed by atoms with van der Waals surface area (Å²) >= 11 is 0. The fourth-order valence-electron chi connectivity index (χ4n) is 4.20. The Balaban J connectivity index is 1.34. The van der Waals surface area contributed by atoms with E-state index in [1.807, 2.05) is 29.2 Å². The number of para-hydroxylation sites is 2. The third-order valence-corrected chi connectivity index (χ3v) is 5.97. The van der Waals surface area contributed by atoms with Crippen LogP contribution in [0.2, 0.25) is 0 Å². The second kappa shape index (κ2) is 7.24. The van der Waals surface area contributed by atoms with Gasteiger partial charge < -0.3 is 19.7 Å². The number of carbonyl (C=O) groups is 1. The Morgan fingerprint density at radius 3 is 2.84 bits per heavy atom. The average molecular weight is 344 g/mol. The molecule has 1 spiro atoms. The molecule has 136 valence electrons. The molecule has 5 heteroatoms. The number of likely N-dealkylation sites (tertiary alicyclic amines) is 1. The van der Waals surface area contributed by atoms with Gasteiger partial charge in [0.15, 0.2) is 0 Å². The molecular weight excluding hydrogens is 316 g/mol. The summed E-state index contributed by atoms with van der Waals surface area (Å²) < 4.78 is 11.7. The number of amides is 2. The molecule has 25 heavy (non-hydrogen) atoms. The quantitative estimate of drug-likeness (QED) is 0.897. The summed E-state index contributed by atoms with van der Waals surface area (Å²) in [7, 11) is 0. The molecule has 0 aromatic heterocycles. The highest BCUT2D eigenvalue weighted by Gasteiger charge is 2.44. The molecule has 1 atom stereocenters. The molecule has 5 nitrogen and oxygen atoms in total. The van der Waals surface area contributed by atoms with Gasteiger partial charge in [0.1, 0.15) is 12.4 Å². The van der Waals surface area contributed by atoms with E-state index in [4.69, 9.17) is 9.47 Å². The number of carbonyl (C=O) groups excluding carboxylic acids is 1. The summed E-state index contributed by atoms with van der Waals surface area (Å²) in [6.07, 6.45) is 8.56. The van der Waals surface area contributed by atoms with Gasteiger partial charge >= 0.3 is 6.03 Å². The molecule has 1 N–H and O–H groups in total. The molecule has 1 aromatic rings. The van der Waals surface area contributed by atoms with E-state index in [-0.39, 0.29) is 12.1 Å². The first-order valence-electron chi connectivity index (χ1n) is 9.64. The predicted molar refractivity (Wildman–Crippen MR) is 97.0 cm³/mol. The number of benzene rings is 1. The van der Waals surface area contributed by atoms with Crippen LogP contribution in [0.1, 0.15) is 44.9 Å². The molecule has 2 aliphatic heterocycles. The second-order valence-corrected chi connectivity index (χ2v) is 7.75. The van der Waals surface area contributed by atoms with E-state index in [1.54, 1.807) is 0 Å². The Bertz CT molecular complexity index is 609. The smallest absolute Gasteiger partial charge is 0.321 e. The number of nitrogens with one attached hydrogen (secondary N) is 1. The largest absolute Gasteiger partial charge is 0.489 e. The highest BCUT2D eigenvalue weighted by Crippen LogP contribution is 2.48.